The first-order valence-electron chi connectivity index (χ1n) is 6.92. The number of hydrogen-bond donors (Lipinski definition) is 1. The second-order valence-corrected chi connectivity index (χ2v) is 8.39. The van der Waals surface area contributed by atoms with Crippen LogP contribution in [0.25, 0.3) is 0 Å². The molecule has 7 nitrogen and oxygen atoms in total. The quantitative estimate of drug-likeness (QED) is 0.917. The molecule has 9 heteroatoms. The van der Waals surface area contributed by atoms with Crippen LogP contribution in [0, 0.1) is 6.92 Å². The highest BCUT2D eigenvalue weighted by Gasteiger charge is 2.35. The maximum atomic E-state index is 11.9. The van der Waals surface area contributed by atoms with E-state index in [1.165, 1.54) is 21.9 Å². The Bertz CT molecular complexity index is 774. The molecular weight excluding hydrogens is 322 g/mol. The van der Waals surface area contributed by atoms with E-state index in [0.717, 1.165) is 22.9 Å². The average Bonchev–Trinajstić information content (AvgIpc) is 3.08. The van der Waals surface area contributed by atoms with Gasteiger partial charge >= 0.3 is 0 Å². The molecule has 22 heavy (non-hydrogen) atoms. The summed E-state index contributed by atoms with van der Waals surface area (Å²) >= 11 is 1.52. The molecule has 2 aromatic rings. The molecule has 1 saturated heterocycles. The van der Waals surface area contributed by atoms with Crippen molar-refractivity contribution in [1.29, 1.82) is 0 Å². The molecule has 1 unspecified atom stereocenters. The fraction of sp³-hybridized carbons (Fsp3) is 0.462. The number of hydrogen-bond acceptors (Lipinski definition) is 7. The highest BCUT2D eigenvalue weighted by Crippen LogP contribution is 2.36. The highest BCUT2D eigenvalue weighted by atomic mass is 32.2. The van der Waals surface area contributed by atoms with E-state index in [2.05, 4.69) is 20.3 Å². The van der Waals surface area contributed by atoms with Crippen LogP contribution in [0.2, 0.25) is 0 Å². The Morgan fingerprint density at radius 1 is 1.32 bits per heavy atom. The fourth-order valence-corrected chi connectivity index (χ4v) is 4.40. The Morgan fingerprint density at radius 2 is 2.09 bits per heavy atom. The van der Waals surface area contributed by atoms with Gasteiger partial charge in [0.2, 0.25) is 10.0 Å². The van der Waals surface area contributed by atoms with E-state index >= 15 is 0 Å². The Labute approximate surface area is 133 Å². The fourth-order valence-electron chi connectivity index (χ4n) is 2.61. The maximum Gasteiger partial charge on any atom is 0.211 e. The van der Waals surface area contributed by atoms with Gasteiger partial charge in [0.25, 0.3) is 0 Å². The third kappa shape index (κ3) is 3.11. The SMILES string of the molecule is Cc1cnc(Nc2nccnc2C2CCCN2S(C)(=O)=O)s1. The molecule has 3 rings (SSSR count). The van der Waals surface area contributed by atoms with Gasteiger partial charge in [-0.15, -0.1) is 11.3 Å². The molecular formula is C13H17N5O2S2. The molecule has 0 aromatic carbocycles. The Hall–Kier alpha value is -1.58. The molecule has 0 aliphatic carbocycles. The largest absolute Gasteiger partial charge is 0.315 e. The normalized spacial score (nSPS) is 19.5. The zero-order chi connectivity index (χ0) is 15.7. The summed E-state index contributed by atoms with van der Waals surface area (Å²) in [6.07, 6.45) is 7.76. The van der Waals surface area contributed by atoms with Crippen molar-refractivity contribution < 1.29 is 8.42 Å². The van der Waals surface area contributed by atoms with Crippen molar-refractivity contribution in [2.75, 3.05) is 18.1 Å². The van der Waals surface area contributed by atoms with Crippen molar-refractivity contribution in [1.82, 2.24) is 19.3 Å². The number of rotatable bonds is 4. The van der Waals surface area contributed by atoms with E-state index in [0.29, 0.717) is 18.1 Å². The first-order valence-corrected chi connectivity index (χ1v) is 9.59. The molecule has 1 aliphatic heterocycles. The van der Waals surface area contributed by atoms with Gasteiger partial charge in [0.1, 0.15) is 5.69 Å². The minimum atomic E-state index is -3.26. The number of nitrogens with one attached hydrogen (secondary N) is 1. The summed E-state index contributed by atoms with van der Waals surface area (Å²) in [4.78, 5) is 14.0. The van der Waals surface area contributed by atoms with Gasteiger partial charge in [-0.05, 0) is 19.8 Å². The van der Waals surface area contributed by atoms with Gasteiger partial charge in [0.05, 0.1) is 12.3 Å². The highest BCUT2D eigenvalue weighted by molar-refractivity contribution is 7.88. The predicted octanol–water partition coefficient (Wildman–Crippen LogP) is 2.08. The summed E-state index contributed by atoms with van der Waals surface area (Å²) in [5.41, 5.74) is 0.651. The number of aromatic nitrogens is 3. The summed E-state index contributed by atoms with van der Waals surface area (Å²) in [7, 11) is -3.26. The Morgan fingerprint density at radius 3 is 2.77 bits per heavy atom. The average molecular weight is 339 g/mol. The third-order valence-electron chi connectivity index (χ3n) is 3.52. The zero-order valence-corrected chi connectivity index (χ0v) is 14.0. The van der Waals surface area contributed by atoms with E-state index in [4.69, 9.17) is 0 Å². The number of thiazole rings is 1. The minimum Gasteiger partial charge on any atom is -0.315 e. The van der Waals surface area contributed by atoms with E-state index in [1.807, 2.05) is 6.92 Å². The smallest absolute Gasteiger partial charge is 0.211 e. The number of aryl methyl sites for hydroxylation is 1. The zero-order valence-electron chi connectivity index (χ0n) is 12.4. The second kappa shape index (κ2) is 5.90. The first-order chi connectivity index (χ1) is 10.4. The topological polar surface area (TPSA) is 88.1 Å². The second-order valence-electron chi connectivity index (χ2n) is 5.22. The molecule has 1 atom stereocenters. The first kappa shape index (κ1) is 15.3. The molecule has 0 amide bonds. The molecule has 3 heterocycles. The summed E-state index contributed by atoms with van der Waals surface area (Å²) in [5, 5.41) is 3.88. The molecule has 1 aliphatic rings. The van der Waals surface area contributed by atoms with Gasteiger partial charge in [0, 0.05) is 30.0 Å². The van der Waals surface area contributed by atoms with Gasteiger partial charge in [0.15, 0.2) is 10.9 Å². The van der Waals surface area contributed by atoms with Crippen molar-refractivity contribution in [2.45, 2.75) is 25.8 Å². The predicted molar refractivity (Wildman–Crippen MR) is 85.7 cm³/mol. The number of anilines is 2. The summed E-state index contributed by atoms with van der Waals surface area (Å²) < 4.78 is 25.4. The molecule has 0 radical (unpaired) electrons. The van der Waals surface area contributed by atoms with Crippen LogP contribution in [0.4, 0.5) is 10.9 Å². The summed E-state index contributed by atoms with van der Waals surface area (Å²) in [6.45, 7) is 2.50. The summed E-state index contributed by atoms with van der Waals surface area (Å²) in [5.74, 6) is 0.567. The van der Waals surface area contributed by atoms with Gasteiger partial charge in [-0.3, -0.25) is 4.98 Å². The van der Waals surface area contributed by atoms with Crippen molar-refractivity contribution in [3.63, 3.8) is 0 Å². The monoisotopic (exact) mass is 339 g/mol. The van der Waals surface area contributed by atoms with Crippen LogP contribution in [0.15, 0.2) is 18.6 Å². The number of sulfonamides is 1. The summed E-state index contributed by atoms with van der Waals surface area (Å²) in [6, 6.07) is -0.271. The van der Waals surface area contributed by atoms with Crippen LogP contribution < -0.4 is 5.32 Å². The molecule has 1 N–H and O–H groups in total. The van der Waals surface area contributed by atoms with Crippen LogP contribution >= 0.6 is 11.3 Å². The van der Waals surface area contributed by atoms with Gasteiger partial charge in [-0.25, -0.2) is 18.4 Å². The maximum absolute atomic E-state index is 11.9. The van der Waals surface area contributed by atoms with Gasteiger partial charge < -0.3 is 5.32 Å². The van der Waals surface area contributed by atoms with E-state index in [1.54, 1.807) is 18.6 Å². The lowest BCUT2D eigenvalue weighted by atomic mass is 10.1. The van der Waals surface area contributed by atoms with Crippen molar-refractivity contribution in [3.05, 3.63) is 29.2 Å². The number of nitrogens with zero attached hydrogens (tertiary/aromatic N) is 4. The molecule has 0 bridgehead atoms. The van der Waals surface area contributed by atoms with Crippen molar-refractivity contribution >= 4 is 32.3 Å². The Kier molecular flexibility index (Phi) is 4.11. The van der Waals surface area contributed by atoms with E-state index < -0.39 is 10.0 Å². The van der Waals surface area contributed by atoms with E-state index in [-0.39, 0.29) is 6.04 Å². The molecule has 118 valence electrons. The van der Waals surface area contributed by atoms with Gasteiger partial charge in [-0.1, -0.05) is 0 Å². The van der Waals surface area contributed by atoms with Crippen LogP contribution in [0.3, 0.4) is 0 Å². The van der Waals surface area contributed by atoms with Crippen LogP contribution in [-0.2, 0) is 10.0 Å². The van der Waals surface area contributed by atoms with Crippen LogP contribution in [0.5, 0.6) is 0 Å². The minimum absolute atomic E-state index is 0.271. The lowest BCUT2D eigenvalue weighted by Crippen LogP contribution is -2.30. The van der Waals surface area contributed by atoms with Crippen molar-refractivity contribution in [2.24, 2.45) is 0 Å². The molecule has 0 saturated carbocycles. The van der Waals surface area contributed by atoms with E-state index in [9.17, 15) is 8.42 Å². The van der Waals surface area contributed by atoms with Crippen LogP contribution in [0.1, 0.15) is 29.5 Å². The van der Waals surface area contributed by atoms with Gasteiger partial charge in [-0.2, -0.15) is 4.31 Å². The standard InChI is InChI=1S/C13H17N5O2S2/c1-9-8-16-13(21-9)17-12-11(14-5-6-15-12)10-4-3-7-18(10)22(2,19)20/h5-6,8,10H,3-4,7H2,1-2H3,(H,15,16,17). The molecule has 2 aromatic heterocycles. The van der Waals surface area contributed by atoms with Crippen molar-refractivity contribution in [3.8, 4) is 0 Å². The van der Waals surface area contributed by atoms with Crippen LogP contribution in [-0.4, -0.2) is 40.5 Å². The third-order valence-corrected chi connectivity index (χ3v) is 5.64. The Balaban J connectivity index is 1.94. The molecule has 0 spiro atoms. The lowest BCUT2D eigenvalue weighted by Gasteiger charge is -2.22. The molecule has 1 fully saturated rings. The lowest BCUT2D eigenvalue weighted by molar-refractivity contribution is 0.394.